The number of rotatable bonds is 3. The molecule has 1 aromatic carbocycles. The predicted octanol–water partition coefficient (Wildman–Crippen LogP) is 2.44. The Hall–Kier alpha value is -2.14. The topological polar surface area (TPSA) is 67.2 Å². The molecule has 0 saturated carbocycles. The maximum absolute atomic E-state index is 12.4. The Bertz CT molecular complexity index is 676. The number of hydrogen-bond acceptors (Lipinski definition) is 4. The number of carbonyl (C=O) groups is 1. The molecule has 1 amide bonds. The number of benzene rings is 1. The normalized spacial score (nSPS) is 13.8. The third kappa shape index (κ3) is 2.69. The molecule has 0 atom stereocenters. The number of aryl methyl sites for hydroxylation is 2. The third-order valence-electron chi connectivity index (χ3n) is 3.83. The van der Waals surface area contributed by atoms with E-state index in [-0.39, 0.29) is 5.91 Å². The largest absolute Gasteiger partial charge is 0.360 e. The van der Waals surface area contributed by atoms with Gasteiger partial charge in [-0.05, 0) is 43.1 Å². The average molecular weight is 285 g/mol. The smallest absolute Gasteiger partial charge is 0.261 e. The van der Waals surface area contributed by atoms with Crippen molar-refractivity contribution in [2.24, 2.45) is 0 Å². The first-order chi connectivity index (χ1) is 10.2. The summed E-state index contributed by atoms with van der Waals surface area (Å²) in [6.07, 6.45) is 1.69. The zero-order chi connectivity index (χ0) is 14.8. The van der Waals surface area contributed by atoms with Crippen molar-refractivity contribution >= 4 is 11.6 Å². The van der Waals surface area contributed by atoms with Crippen molar-refractivity contribution in [1.82, 2.24) is 10.5 Å². The SMILES string of the molecule is CCc1onc(C)c1C(=O)Nc1ccc2c(c1)CNCC2. The third-order valence-corrected chi connectivity index (χ3v) is 3.83. The highest BCUT2D eigenvalue weighted by atomic mass is 16.5. The number of nitrogens with one attached hydrogen (secondary N) is 2. The van der Waals surface area contributed by atoms with Gasteiger partial charge in [-0.3, -0.25) is 4.79 Å². The minimum atomic E-state index is -0.158. The second kappa shape index (κ2) is 5.69. The lowest BCUT2D eigenvalue weighted by Crippen LogP contribution is -2.24. The van der Waals surface area contributed by atoms with E-state index in [0.717, 1.165) is 25.2 Å². The second-order valence-electron chi connectivity index (χ2n) is 5.28. The Kier molecular flexibility index (Phi) is 3.75. The lowest BCUT2D eigenvalue weighted by atomic mass is 10.0. The maximum Gasteiger partial charge on any atom is 0.261 e. The molecule has 2 N–H and O–H groups in total. The van der Waals surface area contributed by atoms with Crippen molar-refractivity contribution in [3.8, 4) is 0 Å². The fourth-order valence-electron chi connectivity index (χ4n) is 2.70. The van der Waals surface area contributed by atoms with Gasteiger partial charge in [-0.1, -0.05) is 18.1 Å². The van der Waals surface area contributed by atoms with Crippen LogP contribution in [0.25, 0.3) is 0 Å². The highest BCUT2D eigenvalue weighted by molar-refractivity contribution is 6.05. The Morgan fingerprint density at radius 1 is 1.43 bits per heavy atom. The number of hydrogen-bond donors (Lipinski definition) is 2. The van der Waals surface area contributed by atoms with Gasteiger partial charge in [0.25, 0.3) is 5.91 Å². The molecular formula is C16H19N3O2. The first-order valence-electron chi connectivity index (χ1n) is 7.28. The van der Waals surface area contributed by atoms with Gasteiger partial charge in [0.2, 0.25) is 0 Å². The van der Waals surface area contributed by atoms with Gasteiger partial charge in [0, 0.05) is 18.7 Å². The number of carbonyl (C=O) groups excluding carboxylic acids is 1. The van der Waals surface area contributed by atoms with E-state index in [9.17, 15) is 4.79 Å². The molecule has 1 aliphatic rings. The zero-order valence-corrected chi connectivity index (χ0v) is 12.3. The molecule has 0 saturated heterocycles. The molecule has 0 aliphatic carbocycles. The molecule has 1 aliphatic heterocycles. The molecule has 0 bridgehead atoms. The van der Waals surface area contributed by atoms with Crippen molar-refractivity contribution < 1.29 is 9.32 Å². The maximum atomic E-state index is 12.4. The molecule has 2 aromatic rings. The summed E-state index contributed by atoms with van der Waals surface area (Å²) in [5.41, 5.74) is 4.58. The Labute approximate surface area is 123 Å². The van der Waals surface area contributed by atoms with Crippen LogP contribution in [0.4, 0.5) is 5.69 Å². The lowest BCUT2D eigenvalue weighted by molar-refractivity contribution is 0.102. The number of fused-ring (bicyclic) bond motifs is 1. The van der Waals surface area contributed by atoms with Gasteiger partial charge in [0.15, 0.2) is 0 Å². The van der Waals surface area contributed by atoms with E-state index in [2.05, 4.69) is 21.9 Å². The van der Waals surface area contributed by atoms with E-state index in [4.69, 9.17) is 4.52 Å². The van der Waals surface area contributed by atoms with Crippen molar-refractivity contribution in [3.63, 3.8) is 0 Å². The van der Waals surface area contributed by atoms with Crippen LogP contribution in [0.2, 0.25) is 0 Å². The van der Waals surface area contributed by atoms with Gasteiger partial charge in [0.05, 0.1) is 5.69 Å². The number of aromatic nitrogens is 1. The first-order valence-corrected chi connectivity index (χ1v) is 7.28. The molecule has 1 aromatic heterocycles. The van der Waals surface area contributed by atoms with Gasteiger partial charge in [0.1, 0.15) is 11.3 Å². The summed E-state index contributed by atoms with van der Waals surface area (Å²) in [5.74, 6) is 0.471. The molecule has 21 heavy (non-hydrogen) atoms. The molecule has 0 unspecified atom stereocenters. The Morgan fingerprint density at radius 3 is 3.10 bits per heavy atom. The standard InChI is InChI=1S/C16H19N3O2/c1-3-14-15(10(2)19-21-14)16(20)18-13-5-4-11-6-7-17-9-12(11)8-13/h4-5,8,17H,3,6-7,9H2,1-2H3,(H,18,20). The zero-order valence-electron chi connectivity index (χ0n) is 12.3. The van der Waals surface area contributed by atoms with Gasteiger partial charge in [-0.15, -0.1) is 0 Å². The van der Waals surface area contributed by atoms with Crippen LogP contribution in [0.5, 0.6) is 0 Å². The Balaban J connectivity index is 1.83. The molecular weight excluding hydrogens is 266 g/mol. The highest BCUT2D eigenvalue weighted by Crippen LogP contribution is 2.21. The average Bonchev–Trinajstić information content (AvgIpc) is 2.88. The molecule has 5 nitrogen and oxygen atoms in total. The van der Waals surface area contributed by atoms with Crippen molar-refractivity contribution in [1.29, 1.82) is 0 Å². The molecule has 0 spiro atoms. The van der Waals surface area contributed by atoms with E-state index >= 15 is 0 Å². The van der Waals surface area contributed by atoms with Crippen molar-refractivity contribution in [2.45, 2.75) is 33.2 Å². The highest BCUT2D eigenvalue weighted by Gasteiger charge is 2.19. The van der Waals surface area contributed by atoms with Crippen LogP contribution in [0, 0.1) is 6.92 Å². The number of amides is 1. The molecule has 2 heterocycles. The van der Waals surface area contributed by atoms with E-state index in [1.807, 2.05) is 19.1 Å². The van der Waals surface area contributed by atoms with Crippen molar-refractivity contribution in [2.75, 3.05) is 11.9 Å². The van der Waals surface area contributed by atoms with Crippen LogP contribution in [-0.2, 0) is 19.4 Å². The van der Waals surface area contributed by atoms with Gasteiger partial charge < -0.3 is 15.2 Å². The first kappa shape index (κ1) is 13.8. The summed E-state index contributed by atoms with van der Waals surface area (Å²) in [4.78, 5) is 12.4. The molecule has 5 heteroatoms. The fraction of sp³-hybridized carbons (Fsp3) is 0.375. The predicted molar refractivity (Wildman–Crippen MR) is 80.4 cm³/mol. The van der Waals surface area contributed by atoms with E-state index < -0.39 is 0 Å². The molecule has 3 rings (SSSR count). The Morgan fingerprint density at radius 2 is 2.29 bits per heavy atom. The molecule has 0 radical (unpaired) electrons. The van der Waals surface area contributed by atoms with E-state index in [1.165, 1.54) is 11.1 Å². The van der Waals surface area contributed by atoms with Crippen molar-refractivity contribution in [3.05, 3.63) is 46.3 Å². The van der Waals surface area contributed by atoms with Gasteiger partial charge >= 0.3 is 0 Å². The van der Waals surface area contributed by atoms with Crippen LogP contribution in [0.1, 0.15) is 39.9 Å². The summed E-state index contributed by atoms with van der Waals surface area (Å²) >= 11 is 0. The van der Waals surface area contributed by atoms with Crippen LogP contribution in [0.3, 0.4) is 0 Å². The summed E-state index contributed by atoms with van der Waals surface area (Å²) in [5, 5.41) is 10.2. The summed E-state index contributed by atoms with van der Waals surface area (Å²) in [6.45, 7) is 5.60. The monoisotopic (exact) mass is 285 g/mol. The van der Waals surface area contributed by atoms with Gasteiger partial charge in [-0.25, -0.2) is 0 Å². The van der Waals surface area contributed by atoms with Gasteiger partial charge in [-0.2, -0.15) is 0 Å². The summed E-state index contributed by atoms with van der Waals surface area (Å²) < 4.78 is 5.17. The minimum Gasteiger partial charge on any atom is -0.360 e. The summed E-state index contributed by atoms with van der Waals surface area (Å²) in [7, 11) is 0. The van der Waals surface area contributed by atoms with Crippen LogP contribution >= 0.6 is 0 Å². The second-order valence-corrected chi connectivity index (χ2v) is 5.28. The molecule has 110 valence electrons. The number of anilines is 1. The quantitative estimate of drug-likeness (QED) is 0.909. The van der Waals surface area contributed by atoms with E-state index in [0.29, 0.717) is 23.4 Å². The number of nitrogens with zero attached hydrogens (tertiary/aromatic N) is 1. The molecule has 0 fully saturated rings. The fourth-order valence-corrected chi connectivity index (χ4v) is 2.70. The summed E-state index contributed by atoms with van der Waals surface area (Å²) in [6, 6.07) is 6.08. The van der Waals surface area contributed by atoms with E-state index in [1.54, 1.807) is 6.92 Å². The minimum absolute atomic E-state index is 0.158. The van der Waals surface area contributed by atoms with Crippen LogP contribution in [-0.4, -0.2) is 17.6 Å². The van der Waals surface area contributed by atoms with Crippen LogP contribution in [0.15, 0.2) is 22.7 Å². The van der Waals surface area contributed by atoms with Crippen LogP contribution < -0.4 is 10.6 Å². The lowest BCUT2D eigenvalue weighted by Gasteiger charge is -2.18.